The van der Waals surface area contributed by atoms with Gasteiger partial charge in [-0.05, 0) is 50.1 Å². The largest absolute Gasteiger partial charge is 0.496 e. The molecule has 1 amide bonds. The number of pyridine rings is 1. The number of hydrogen-bond acceptors (Lipinski definition) is 10. The van der Waals surface area contributed by atoms with Crippen molar-refractivity contribution >= 4 is 29.1 Å². The molecule has 0 aliphatic rings. The number of benzene rings is 1. The number of aryl methyl sites for hydroxylation is 1. The van der Waals surface area contributed by atoms with Gasteiger partial charge in [0.15, 0.2) is 5.82 Å². The summed E-state index contributed by atoms with van der Waals surface area (Å²) >= 11 is 6.70. The molecule has 3 N–H and O–H groups in total. The molecular formula is C25H27ClN8O3. The Balaban J connectivity index is 1.81. The van der Waals surface area contributed by atoms with Crippen LogP contribution in [0.15, 0.2) is 35.2 Å². The lowest BCUT2D eigenvalue weighted by Crippen LogP contribution is -2.22. The summed E-state index contributed by atoms with van der Waals surface area (Å²) in [6.45, 7) is 5.54. The Morgan fingerprint density at radius 1 is 1.19 bits per heavy atom. The number of carbonyl (C=O) groups excluding carboxylic acids is 1. The lowest BCUT2D eigenvalue weighted by atomic mass is 9.93. The maximum Gasteiger partial charge on any atom is 0.271 e. The lowest BCUT2D eigenvalue weighted by Gasteiger charge is -2.23. The summed E-state index contributed by atoms with van der Waals surface area (Å²) in [5.74, 6) is 1.65. The van der Waals surface area contributed by atoms with E-state index in [1.165, 1.54) is 11.2 Å². The van der Waals surface area contributed by atoms with E-state index in [1.54, 1.807) is 40.4 Å². The van der Waals surface area contributed by atoms with E-state index in [-0.39, 0.29) is 23.7 Å². The van der Waals surface area contributed by atoms with E-state index in [9.17, 15) is 4.79 Å². The van der Waals surface area contributed by atoms with Gasteiger partial charge in [-0.25, -0.2) is 9.97 Å². The Morgan fingerprint density at radius 3 is 2.59 bits per heavy atom. The third-order valence-corrected chi connectivity index (χ3v) is 6.21. The molecule has 4 aromatic rings. The fraction of sp³-hybridized carbons (Fsp3) is 0.280. The Bertz CT molecular complexity index is 1470. The van der Waals surface area contributed by atoms with Crippen LogP contribution >= 0.6 is 11.6 Å². The number of rotatable bonds is 7. The van der Waals surface area contributed by atoms with E-state index >= 15 is 0 Å². The van der Waals surface area contributed by atoms with Gasteiger partial charge in [0.1, 0.15) is 35.0 Å². The van der Waals surface area contributed by atoms with Gasteiger partial charge in [0.2, 0.25) is 0 Å². The van der Waals surface area contributed by atoms with Gasteiger partial charge in [-0.2, -0.15) is 4.98 Å². The lowest BCUT2D eigenvalue weighted by molar-refractivity contribution is 0.0822. The van der Waals surface area contributed by atoms with Gasteiger partial charge in [0.05, 0.1) is 13.2 Å². The maximum atomic E-state index is 12.5. The van der Waals surface area contributed by atoms with Gasteiger partial charge in [0.25, 0.3) is 11.8 Å². The van der Waals surface area contributed by atoms with E-state index in [0.717, 1.165) is 22.3 Å². The van der Waals surface area contributed by atoms with Crippen molar-refractivity contribution in [1.82, 2.24) is 30.0 Å². The fourth-order valence-electron chi connectivity index (χ4n) is 3.97. The highest BCUT2D eigenvalue weighted by Crippen LogP contribution is 2.43. The number of hydrogen-bond donors (Lipinski definition) is 2. The Morgan fingerprint density at radius 2 is 1.95 bits per heavy atom. The monoisotopic (exact) mass is 522 g/mol. The summed E-state index contributed by atoms with van der Waals surface area (Å²) in [6, 6.07) is 5.03. The summed E-state index contributed by atoms with van der Waals surface area (Å²) in [6.07, 6.45) is 2.94. The highest BCUT2D eigenvalue weighted by Gasteiger charge is 2.25. The van der Waals surface area contributed by atoms with Crippen LogP contribution in [0.25, 0.3) is 22.6 Å². The zero-order valence-corrected chi connectivity index (χ0v) is 22.1. The molecule has 0 bridgehead atoms. The molecule has 0 unspecified atom stereocenters. The molecule has 0 radical (unpaired) electrons. The van der Waals surface area contributed by atoms with Crippen molar-refractivity contribution in [2.24, 2.45) is 0 Å². The van der Waals surface area contributed by atoms with Crippen molar-refractivity contribution in [3.05, 3.63) is 58.4 Å². The number of carbonyl (C=O) groups is 1. The third-order valence-electron chi connectivity index (χ3n) is 5.82. The minimum absolute atomic E-state index is 0.192. The number of nitrogens with one attached hydrogen (secondary N) is 1. The van der Waals surface area contributed by atoms with Crippen molar-refractivity contribution in [1.29, 1.82) is 0 Å². The second-order valence-corrected chi connectivity index (χ2v) is 9.01. The van der Waals surface area contributed by atoms with Gasteiger partial charge < -0.3 is 25.2 Å². The predicted octanol–water partition coefficient (Wildman–Crippen LogP) is 4.32. The second-order valence-electron chi connectivity index (χ2n) is 8.61. The van der Waals surface area contributed by atoms with Gasteiger partial charge in [0, 0.05) is 36.4 Å². The topological polar surface area (TPSA) is 145 Å². The van der Waals surface area contributed by atoms with E-state index < -0.39 is 0 Å². The average molecular weight is 523 g/mol. The molecule has 0 aliphatic heterocycles. The van der Waals surface area contributed by atoms with Crippen LogP contribution in [-0.4, -0.2) is 57.1 Å². The molecule has 3 aromatic heterocycles. The number of nitrogens with two attached hydrogens (primary N) is 1. The van der Waals surface area contributed by atoms with Crippen molar-refractivity contribution < 1.29 is 14.1 Å². The average Bonchev–Trinajstić information content (AvgIpc) is 3.30. The van der Waals surface area contributed by atoms with Crippen LogP contribution in [0, 0.1) is 13.8 Å². The van der Waals surface area contributed by atoms with E-state index in [2.05, 4.69) is 30.4 Å². The van der Waals surface area contributed by atoms with E-state index in [4.69, 9.17) is 26.6 Å². The number of aromatic nitrogens is 5. The second kappa shape index (κ2) is 10.4. The van der Waals surface area contributed by atoms with Crippen LogP contribution < -0.4 is 15.8 Å². The number of nitrogens with zero attached hydrogens (tertiary/aromatic N) is 6. The summed E-state index contributed by atoms with van der Waals surface area (Å²) in [7, 11) is 4.94. The van der Waals surface area contributed by atoms with Crippen molar-refractivity contribution in [3.8, 4) is 28.3 Å². The number of ether oxygens (including phenoxy) is 1. The first kappa shape index (κ1) is 25.8. The first-order valence-electron chi connectivity index (χ1n) is 11.3. The van der Waals surface area contributed by atoms with Crippen molar-refractivity contribution in [2.75, 3.05) is 32.3 Å². The molecule has 11 nitrogen and oxygen atoms in total. The van der Waals surface area contributed by atoms with Crippen LogP contribution in [0.3, 0.4) is 0 Å². The quantitative estimate of drug-likeness (QED) is 0.359. The molecule has 1 atom stereocenters. The molecule has 0 fully saturated rings. The van der Waals surface area contributed by atoms with Crippen LogP contribution in [0.5, 0.6) is 5.75 Å². The molecule has 0 spiro atoms. The molecule has 12 heteroatoms. The summed E-state index contributed by atoms with van der Waals surface area (Å²) < 4.78 is 11.2. The summed E-state index contributed by atoms with van der Waals surface area (Å²) in [5, 5.41) is 7.73. The molecule has 3 heterocycles. The Kier molecular flexibility index (Phi) is 7.25. The molecular weight excluding hydrogens is 496 g/mol. The predicted molar refractivity (Wildman–Crippen MR) is 141 cm³/mol. The summed E-state index contributed by atoms with van der Waals surface area (Å²) in [5.41, 5.74) is 9.91. The molecule has 192 valence electrons. The van der Waals surface area contributed by atoms with Crippen LogP contribution in [0.2, 0.25) is 5.02 Å². The maximum absolute atomic E-state index is 12.5. The van der Waals surface area contributed by atoms with Gasteiger partial charge in [-0.1, -0.05) is 16.8 Å². The first-order chi connectivity index (χ1) is 17.6. The SMILES string of the molecule is COc1c([C@H](C)Nc2ncnc(N)c2-c2nc(C)no2)cc(Cl)c(C)c1-c1ccnc(C(=O)N(C)C)c1. The molecule has 0 saturated carbocycles. The van der Waals surface area contributed by atoms with Gasteiger partial charge in [-0.3, -0.25) is 9.78 Å². The number of amides is 1. The van der Waals surface area contributed by atoms with Gasteiger partial charge >= 0.3 is 0 Å². The van der Waals surface area contributed by atoms with E-state index in [0.29, 0.717) is 33.7 Å². The zero-order valence-electron chi connectivity index (χ0n) is 21.3. The number of methoxy groups -OCH3 is 1. The van der Waals surface area contributed by atoms with Crippen LogP contribution in [0.4, 0.5) is 11.6 Å². The van der Waals surface area contributed by atoms with E-state index in [1.807, 2.05) is 26.0 Å². The smallest absolute Gasteiger partial charge is 0.271 e. The number of nitrogen functional groups attached to an aromatic ring is 1. The minimum Gasteiger partial charge on any atom is -0.496 e. The Labute approximate surface area is 219 Å². The zero-order chi connectivity index (χ0) is 26.9. The minimum atomic E-state index is -0.353. The molecule has 4 rings (SSSR count). The van der Waals surface area contributed by atoms with Gasteiger partial charge in [-0.15, -0.1) is 0 Å². The fourth-order valence-corrected chi connectivity index (χ4v) is 4.18. The molecule has 0 aliphatic carbocycles. The number of anilines is 2. The van der Waals surface area contributed by atoms with Crippen LogP contribution in [-0.2, 0) is 0 Å². The standard InChI is InChI=1S/C25H27ClN8O3/c1-12-17(26)10-16(21(36-6)19(12)15-7-8-28-18(9-15)25(35)34(4)5)13(2)31-23-20(22(27)29-11-30-23)24-32-14(3)33-37-24/h7-11,13H,1-6H3,(H3,27,29,30,31)/t13-/m0/s1. The summed E-state index contributed by atoms with van der Waals surface area (Å²) in [4.78, 5) is 31.0. The third kappa shape index (κ3) is 5.03. The molecule has 37 heavy (non-hydrogen) atoms. The highest BCUT2D eigenvalue weighted by atomic mass is 35.5. The number of halogens is 1. The Hall–Kier alpha value is -4.25. The molecule has 0 saturated heterocycles. The van der Waals surface area contributed by atoms with Crippen molar-refractivity contribution in [3.63, 3.8) is 0 Å². The molecule has 1 aromatic carbocycles. The highest BCUT2D eigenvalue weighted by molar-refractivity contribution is 6.32. The van der Waals surface area contributed by atoms with Crippen LogP contribution in [0.1, 0.15) is 40.4 Å². The normalized spacial score (nSPS) is 11.8. The first-order valence-corrected chi connectivity index (χ1v) is 11.7. The van der Waals surface area contributed by atoms with Crippen molar-refractivity contribution in [2.45, 2.75) is 26.8 Å².